The molecule has 2 aromatic heterocycles. The Morgan fingerprint density at radius 1 is 1.18 bits per heavy atom. The molecule has 0 spiro atoms. The number of nitrogens with two attached hydrogens (primary N) is 2. The zero-order chi connectivity index (χ0) is 23.8. The normalized spacial score (nSPS) is 15.2. The molecule has 174 valence electrons. The minimum absolute atomic E-state index is 0.0443. The van der Waals surface area contributed by atoms with Gasteiger partial charge in [-0.15, -0.1) is 5.11 Å². The Bertz CT molecular complexity index is 1500. The number of aliphatic imine (C=N–C) groups is 1. The summed E-state index contributed by atoms with van der Waals surface area (Å²) in [4.78, 5) is 6.98. The van der Waals surface area contributed by atoms with E-state index in [0.29, 0.717) is 16.8 Å². The number of azo groups is 1. The van der Waals surface area contributed by atoms with Crippen LogP contribution in [-0.4, -0.2) is 63.0 Å². The fourth-order valence-electron chi connectivity index (χ4n) is 3.32. The third-order valence-electron chi connectivity index (χ3n) is 4.85. The van der Waals surface area contributed by atoms with Gasteiger partial charge in [0.1, 0.15) is 15.4 Å². The third-order valence-corrected chi connectivity index (χ3v) is 7.44. The lowest BCUT2D eigenvalue weighted by Crippen LogP contribution is -2.37. The predicted octanol–water partition coefficient (Wildman–Crippen LogP) is -0.583. The number of rotatable bonds is 8. The van der Waals surface area contributed by atoms with E-state index in [1.165, 1.54) is 6.07 Å². The van der Waals surface area contributed by atoms with Crippen LogP contribution < -0.4 is 15.6 Å². The van der Waals surface area contributed by atoms with Gasteiger partial charge in [-0.2, -0.15) is 5.11 Å². The van der Waals surface area contributed by atoms with Gasteiger partial charge in [0.15, 0.2) is 12.5 Å². The summed E-state index contributed by atoms with van der Waals surface area (Å²) in [7, 11) is -9.02. The highest BCUT2D eigenvalue weighted by Gasteiger charge is 2.32. The Balaban J connectivity index is 1.99. The zero-order valence-electron chi connectivity index (χ0n) is 17.0. The maximum Gasteiger partial charge on any atom is 0.242 e. The number of pyridine rings is 1. The van der Waals surface area contributed by atoms with Gasteiger partial charge in [0.2, 0.25) is 20.0 Å². The van der Waals surface area contributed by atoms with Crippen LogP contribution in [0.25, 0.3) is 16.8 Å². The van der Waals surface area contributed by atoms with Gasteiger partial charge < -0.3 is 15.2 Å². The molecule has 0 unspecified atom stereocenters. The summed E-state index contributed by atoms with van der Waals surface area (Å²) in [6.07, 6.45) is 3.84. The lowest BCUT2D eigenvalue weighted by molar-refractivity contribution is 0.186. The molecule has 6 N–H and O–H groups in total. The number of nitrogens with zero attached hydrogens (tertiary/aromatic N) is 5. The van der Waals surface area contributed by atoms with Crippen molar-refractivity contribution >= 4 is 31.5 Å². The Labute approximate surface area is 189 Å². The lowest BCUT2D eigenvalue weighted by Gasteiger charge is -2.18. The Morgan fingerprint density at radius 3 is 2.64 bits per heavy atom. The van der Waals surface area contributed by atoms with E-state index in [4.69, 9.17) is 10.9 Å². The number of nitrogens with one attached hydrogen (secondary N) is 1. The monoisotopic (exact) mass is 492 g/mol. The van der Waals surface area contributed by atoms with Gasteiger partial charge in [-0.1, -0.05) is 6.07 Å². The number of aliphatic hydroxyl groups is 1. The molecule has 0 saturated heterocycles. The number of aliphatic hydroxyl groups excluding tert-OH is 1. The van der Waals surface area contributed by atoms with Gasteiger partial charge in [-0.05, 0) is 29.3 Å². The second-order valence-electron chi connectivity index (χ2n) is 7.08. The van der Waals surface area contributed by atoms with Crippen LogP contribution in [0.15, 0.2) is 67.9 Å². The van der Waals surface area contributed by atoms with E-state index in [9.17, 15) is 21.9 Å². The van der Waals surface area contributed by atoms with Gasteiger partial charge in [0, 0.05) is 31.7 Å². The molecule has 3 aromatic rings. The van der Waals surface area contributed by atoms with Crippen molar-refractivity contribution in [2.75, 3.05) is 19.8 Å². The van der Waals surface area contributed by atoms with Crippen molar-refractivity contribution in [3.63, 3.8) is 0 Å². The zero-order valence-corrected chi connectivity index (χ0v) is 18.7. The molecule has 0 aliphatic carbocycles. The SMILES string of the molecule is NC[C@H](O)CNS(=O)(=O)c1ccc(-c2ccc3nccn3c2)c(C2=NCN=N2)c1S(N)(=O)=O. The molecule has 1 aliphatic heterocycles. The largest absolute Gasteiger partial charge is 0.390 e. The number of amidine groups is 1. The summed E-state index contributed by atoms with van der Waals surface area (Å²) in [5.74, 6) is -0.0706. The van der Waals surface area contributed by atoms with Gasteiger partial charge in [-0.3, -0.25) is 0 Å². The average Bonchev–Trinajstić information content (AvgIpc) is 3.47. The van der Waals surface area contributed by atoms with Crippen molar-refractivity contribution in [3.8, 4) is 11.1 Å². The Hall–Kier alpha value is -3.08. The van der Waals surface area contributed by atoms with Crippen LogP contribution in [0, 0.1) is 0 Å². The Kier molecular flexibility index (Phi) is 6.08. The molecule has 0 radical (unpaired) electrons. The fourth-order valence-corrected chi connectivity index (χ4v) is 6.00. The third kappa shape index (κ3) is 4.54. The van der Waals surface area contributed by atoms with Crippen molar-refractivity contribution in [1.82, 2.24) is 14.1 Å². The second-order valence-corrected chi connectivity index (χ2v) is 10.3. The molecular formula is C18H20N8O5S2. The summed E-state index contributed by atoms with van der Waals surface area (Å²) in [6, 6.07) is 5.98. The first-order valence-electron chi connectivity index (χ1n) is 9.55. The van der Waals surface area contributed by atoms with Crippen LogP contribution in [0.4, 0.5) is 0 Å². The van der Waals surface area contributed by atoms with Gasteiger partial charge >= 0.3 is 0 Å². The van der Waals surface area contributed by atoms with Crippen LogP contribution in [0.1, 0.15) is 5.56 Å². The molecular weight excluding hydrogens is 472 g/mol. The average molecular weight is 493 g/mol. The molecule has 1 atom stereocenters. The van der Waals surface area contributed by atoms with E-state index in [1.54, 1.807) is 35.1 Å². The maximum absolute atomic E-state index is 13.0. The number of primary sulfonamides is 1. The van der Waals surface area contributed by atoms with Crippen LogP contribution in [-0.2, 0) is 20.0 Å². The first-order valence-corrected chi connectivity index (χ1v) is 12.6. The quantitative estimate of drug-likeness (QED) is 0.321. The summed E-state index contributed by atoms with van der Waals surface area (Å²) in [6.45, 7) is -0.655. The fraction of sp³-hybridized carbons (Fsp3) is 0.222. The lowest BCUT2D eigenvalue weighted by atomic mass is 10.00. The number of imidazole rings is 1. The summed E-state index contributed by atoms with van der Waals surface area (Å²) in [5, 5.41) is 22.8. The highest BCUT2D eigenvalue weighted by atomic mass is 32.2. The number of aromatic nitrogens is 2. The predicted molar refractivity (Wildman–Crippen MR) is 119 cm³/mol. The highest BCUT2D eigenvalue weighted by Crippen LogP contribution is 2.35. The number of benzene rings is 1. The Morgan fingerprint density at radius 2 is 1.97 bits per heavy atom. The van der Waals surface area contributed by atoms with E-state index in [0.717, 1.165) is 6.07 Å². The molecule has 4 rings (SSSR count). The van der Waals surface area contributed by atoms with E-state index in [2.05, 4.69) is 24.9 Å². The molecule has 3 heterocycles. The first-order chi connectivity index (χ1) is 15.6. The topological polar surface area (TPSA) is 207 Å². The second kappa shape index (κ2) is 8.69. The van der Waals surface area contributed by atoms with E-state index >= 15 is 0 Å². The van der Waals surface area contributed by atoms with Gasteiger partial charge in [0.25, 0.3) is 0 Å². The van der Waals surface area contributed by atoms with E-state index < -0.39 is 42.5 Å². The molecule has 0 amide bonds. The first kappa shape index (κ1) is 23.1. The van der Waals surface area contributed by atoms with E-state index in [1.807, 2.05) is 0 Å². The van der Waals surface area contributed by atoms with Crippen molar-refractivity contribution in [2.24, 2.45) is 26.1 Å². The number of hydrogen-bond donors (Lipinski definition) is 4. The number of fused-ring (bicyclic) bond motifs is 1. The van der Waals surface area contributed by atoms with Crippen LogP contribution in [0.5, 0.6) is 0 Å². The van der Waals surface area contributed by atoms with Crippen molar-refractivity contribution < 1.29 is 21.9 Å². The maximum atomic E-state index is 13.0. The van der Waals surface area contributed by atoms with Crippen LogP contribution in [0.2, 0.25) is 0 Å². The number of hydrogen-bond acceptors (Lipinski definition) is 10. The summed E-state index contributed by atoms with van der Waals surface area (Å²) < 4.78 is 55.2. The minimum atomic E-state index is -4.60. The molecule has 33 heavy (non-hydrogen) atoms. The smallest absolute Gasteiger partial charge is 0.242 e. The van der Waals surface area contributed by atoms with Crippen LogP contribution >= 0.6 is 0 Å². The van der Waals surface area contributed by atoms with Crippen molar-refractivity contribution in [3.05, 3.63) is 48.4 Å². The molecule has 1 aliphatic rings. The molecule has 1 aromatic carbocycles. The summed E-state index contributed by atoms with van der Waals surface area (Å²) in [5.41, 5.74) is 6.75. The van der Waals surface area contributed by atoms with Crippen LogP contribution in [0.3, 0.4) is 0 Å². The van der Waals surface area contributed by atoms with Crippen molar-refractivity contribution in [1.29, 1.82) is 0 Å². The van der Waals surface area contributed by atoms with E-state index in [-0.39, 0.29) is 24.6 Å². The number of sulfonamides is 2. The van der Waals surface area contributed by atoms with Gasteiger partial charge in [-0.25, -0.2) is 36.7 Å². The molecule has 15 heteroatoms. The minimum Gasteiger partial charge on any atom is -0.390 e. The standard InChI is InChI=1S/C18H20N8O5S2/c19-7-12(27)8-24-33(30,31)14-3-2-13(11-1-4-15-21-5-6-26(15)9-11)16(17(14)32(20,28)29)18-22-10-23-25-18/h1-6,9,12,24,27H,7-8,10,19H2,(H2,20,28,29)/t12-/m0/s1. The highest BCUT2D eigenvalue weighted by molar-refractivity contribution is 7.92. The molecule has 0 fully saturated rings. The van der Waals surface area contributed by atoms with Gasteiger partial charge in [0.05, 0.1) is 11.7 Å². The molecule has 0 bridgehead atoms. The van der Waals surface area contributed by atoms with Crippen molar-refractivity contribution in [2.45, 2.75) is 15.9 Å². The summed E-state index contributed by atoms with van der Waals surface area (Å²) >= 11 is 0. The molecule has 0 saturated carbocycles. The molecule has 13 nitrogen and oxygen atoms in total.